The first kappa shape index (κ1) is 13.4. The number of methoxy groups -OCH3 is 2. The summed E-state index contributed by atoms with van der Waals surface area (Å²) in [6, 6.07) is 0.305. The molecule has 0 saturated carbocycles. The third kappa shape index (κ3) is 5.94. The molecule has 4 nitrogen and oxygen atoms in total. The van der Waals surface area contributed by atoms with Crippen LogP contribution in [-0.4, -0.2) is 39.4 Å². The zero-order chi connectivity index (χ0) is 11.0. The van der Waals surface area contributed by atoms with Gasteiger partial charge in [-0.25, -0.2) is 0 Å². The van der Waals surface area contributed by atoms with E-state index in [2.05, 4.69) is 17.0 Å². The third-order valence-electron chi connectivity index (χ3n) is 2.11. The van der Waals surface area contributed by atoms with E-state index in [1.807, 2.05) is 6.92 Å². The van der Waals surface area contributed by atoms with Crippen molar-refractivity contribution in [2.45, 2.75) is 26.3 Å². The second-order valence-electron chi connectivity index (χ2n) is 3.51. The van der Waals surface area contributed by atoms with Gasteiger partial charge in [0.25, 0.3) is 0 Å². The van der Waals surface area contributed by atoms with Crippen molar-refractivity contribution < 1.29 is 14.3 Å². The summed E-state index contributed by atoms with van der Waals surface area (Å²) in [6.07, 6.45) is 0.788. The molecule has 0 aromatic heterocycles. The normalized spacial score (nSPS) is 14.9. The lowest BCUT2D eigenvalue weighted by molar-refractivity contribution is -0.145. The summed E-state index contributed by atoms with van der Waals surface area (Å²) in [5.74, 6) is -0.199. The number of carbonyl (C=O) groups is 1. The van der Waals surface area contributed by atoms with Crippen LogP contribution < -0.4 is 5.32 Å². The molecule has 0 aromatic rings. The molecule has 2 atom stereocenters. The van der Waals surface area contributed by atoms with Crippen molar-refractivity contribution in [2.24, 2.45) is 5.92 Å². The van der Waals surface area contributed by atoms with Crippen LogP contribution in [0.1, 0.15) is 20.3 Å². The molecule has 0 bridgehead atoms. The molecule has 0 aliphatic carbocycles. The molecular formula is C10H21NO3. The summed E-state index contributed by atoms with van der Waals surface area (Å²) in [5.41, 5.74) is 0. The minimum atomic E-state index is -0.148. The maximum atomic E-state index is 11.1. The molecule has 0 heterocycles. The van der Waals surface area contributed by atoms with Crippen LogP contribution in [0, 0.1) is 5.92 Å². The standard InChI is InChI=1S/C10H21NO3/c1-8(10(12)14-4)7-9(2)11-5-6-13-3/h8-9,11H,5-7H2,1-4H3. The van der Waals surface area contributed by atoms with Crippen molar-refractivity contribution in [3.63, 3.8) is 0 Å². The Bertz CT molecular complexity index is 161. The number of ether oxygens (including phenoxy) is 2. The van der Waals surface area contributed by atoms with Crippen molar-refractivity contribution >= 4 is 5.97 Å². The van der Waals surface area contributed by atoms with E-state index in [-0.39, 0.29) is 11.9 Å². The Morgan fingerprint density at radius 3 is 2.50 bits per heavy atom. The van der Waals surface area contributed by atoms with Gasteiger partial charge in [0.15, 0.2) is 0 Å². The quantitative estimate of drug-likeness (QED) is 0.491. The van der Waals surface area contributed by atoms with Gasteiger partial charge in [0.2, 0.25) is 0 Å². The lowest BCUT2D eigenvalue weighted by Gasteiger charge is -2.16. The third-order valence-corrected chi connectivity index (χ3v) is 2.11. The van der Waals surface area contributed by atoms with E-state index in [4.69, 9.17) is 4.74 Å². The molecule has 4 heteroatoms. The van der Waals surface area contributed by atoms with Gasteiger partial charge in [0.1, 0.15) is 0 Å². The van der Waals surface area contributed by atoms with Crippen LogP contribution in [-0.2, 0) is 14.3 Å². The topological polar surface area (TPSA) is 47.6 Å². The van der Waals surface area contributed by atoms with Crippen LogP contribution in [0.25, 0.3) is 0 Å². The molecule has 0 fully saturated rings. The summed E-state index contributed by atoms with van der Waals surface area (Å²) < 4.78 is 9.56. The van der Waals surface area contributed by atoms with Crippen LogP contribution in [0.5, 0.6) is 0 Å². The molecule has 0 aromatic carbocycles. The summed E-state index contributed by atoms with van der Waals surface area (Å²) in [4.78, 5) is 11.1. The highest BCUT2D eigenvalue weighted by atomic mass is 16.5. The van der Waals surface area contributed by atoms with E-state index in [9.17, 15) is 4.79 Å². The summed E-state index contributed by atoms with van der Waals surface area (Å²) in [7, 11) is 3.09. The first-order valence-electron chi connectivity index (χ1n) is 4.92. The number of nitrogens with one attached hydrogen (secondary N) is 1. The average Bonchev–Trinajstić information content (AvgIpc) is 2.16. The molecule has 0 spiro atoms. The smallest absolute Gasteiger partial charge is 0.308 e. The lowest BCUT2D eigenvalue weighted by Crippen LogP contribution is -2.32. The van der Waals surface area contributed by atoms with Gasteiger partial charge in [-0.15, -0.1) is 0 Å². The van der Waals surface area contributed by atoms with Crippen molar-refractivity contribution in [1.29, 1.82) is 0 Å². The number of esters is 1. The van der Waals surface area contributed by atoms with Crippen LogP contribution in [0.3, 0.4) is 0 Å². The molecule has 2 unspecified atom stereocenters. The van der Waals surface area contributed by atoms with Crippen molar-refractivity contribution in [3.8, 4) is 0 Å². The Morgan fingerprint density at radius 1 is 1.36 bits per heavy atom. The number of hydrogen-bond donors (Lipinski definition) is 1. The highest BCUT2D eigenvalue weighted by Gasteiger charge is 2.15. The maximum Gasteiger partial charge on any atom is 0.308 e. The van der Waals surface area contributed by atoms with Crippen LogP contribution in [0.2, 0.25) is 0 Å². The van der Waals surface area contributed by atoms with Crippen LogP contribution >= 0.6 is 0 Å². The van der Waals surface area contributed by atoms with E-state index in [1.165, 1.54) is 7.11 Å². The Labute approximate surface area is 86.0 Å². The molecule has 0 amide bonds. The molecule has 84 valence electrons. The fraction of sp³-hybridized carbons (Fsp3) is 0.900. The van der Waals surface area contributed by atoms with Crippen LogP contribution in [0.15, 0.2) is 0 Å². The summed E-state index contributed by atoms with van der Waals surface area (Å²) in [5, 5.41) is 3.26. The van der Waals surface area contributed by atoms with Gasteiger partial charge < -0.3 is 14.8 Å². The molecule has 0 saturated heterocycles. The van der Waals surface area contributed by atoms with Gasteiger partial charge in [-0.2, -0.15) is 0 Å². The summed E-state index contributed by atoms with van der Waals surface area (Å²) in [6.45, 7) is 5.43. The monoisotopic (exact) mass is 203 g/mol. The number of hydrogen-bond acceptors (Lipinski definition) is 4. The zero-order valence-electron chi connectivity index (χ0n) is 9.50. The van der Waals surface area contributed by atoms with E-state index in [0.29, 0.717) is 12.6 Å². The van der Waals surface area contributed by atoms with Gasteiger partial charge in [-0.1, -0.05) is 6.92 Å². The molecule has 1 N–H and O–H groups in total. The summed E-state index contributed by atoms with van der Waals surface area (Å²) >= 11 is 0. The van der Waals surface area contributed by atoms with Gasteiger partial charge in [0.05, 0.1) is 19.6 Å². The van der Waals surface area contributed by atoms with Gasteiger partial charge in [-0.3, -0.25) is 4.79 Å². The molecule has 0 aliphatic heterocycles. The Hall–Kier alpha value is -0.610. The Morgan fingerprint density at radius 2 is 2.00 bits per heavy atom. The largest absolute Gasteiger partial charge is 0.469 e. The van der Waals surface area contributed by atoms with Crippen molar-refractivity contribution in [2.75, 3.05) is 27.4 Å². The van der Waals surface area contributed by atoms with Gasteiger partial charge in [0, 0.05) is 19.7 Å². The van der Waals surface area contributed by atoms with Crippen molar-refractivity contribution in [3.05, 3.63) is 0 Å². The predicted octanol–water partition coefficient (Wildman–Crippen LogP) is 0.810. The van der Waals surface area contributed by atoms with Crippen molar-refractivity contribution in [1.82, 2.24) is 5.32 Å². The van der Waals surface area contributed by atoms with E-state index >= 15 is 0 Å². The molecule has 0 rings (SSSR count). The van der Waals surface area contributed by atoms with E-state index < -0.39 is 0 Å². The Balaban J connectivity index is 3.59. The average molecular weight is 203 g/mol. The molecule has 0 radical (unpaired) electrons. The molecular weight excluding hydrogens is 182 g/mol. The first-order chi connectivity index (χ1) is 6.61. The number of carbonyl (C=O) groups excluding carboxylic acids is 1. The zero-order valence-corrected chi connectivity index (χ0v) is 9.50. The second kappa shape index (κ2) is 7.76. The highest BCUT2D eigenvalue weighted by molar-refractivity contribution is 5.71. The van der Waals surface area contributed by atoms with E-state index in [1.54, 1.807) is 7.11 Å². The lowest BCUT2D eigenvalue weighted by atomic mass is 10.0. The van der Waals surface area contributed by atoms with Gasteiger partial charge >= 0.3 is 5.97 Å². The second-order valence-corrected chi connectivity index (χ2v) is 3.51. The fourth-order valence-corrected chi connectivity index (χ4v) is 1.32. The first-order valence-corrected chi connectivity index (χ1v) is 4.92. The maximum absolute atomic E-state index is 11.1. The van der Waals surface area contributed by atoms with Crippen LogP contribution in [0.4, 0.5) is 0 Å². The predicted molar refractivity (Wildman–Crippen MR) is 55.1 cm³/mol. The SMILES string of the molecule is COCCNC(C)CC(C)C(=O)OC. The minimum Gasteiger partial charge on any atom is -0.469 e. The fourth-order valence-electron chi connectivity index (χ4n) is 1.32. The minimum absolute atomic E-state index is 0.0509. The number of rotatable bonds is 7. The molecule has 0 aliphatic rings. The van der Waals surface area contributed by atoms with Gasteiger partial charge in [-0.05, 0) is 13.3 Å². The highest BCUT2D eigenvalue weighted by Crippen LogP contribution is 2.07. The molecule has 14 heavy (non-hydrogen) atoms. The van der Waals surface area contributed by atoms with E-state index in [0.717, 1.165) is 13.0 Å². The Kier molecular flexibility index (Phi) is 7.42.